The maximum atomic E-state index is 12.3. The molecule has 0 spiro atoms. The Hall–Kier alpha value is -2.43. The minimum Gasteiger partial charge on any atom is -0.458 e. The van der Waals surface area contributed by atoms with Crippen LogP contribution in [0.15, 0.2) is 47.1 Å². The molecule has 0 unspecified atom stereocenters. The van der Waals surface area contributed by atoms with Gasteiger partial charge in [0.2, 0.25) is 0 Å². The van der Waals surface area contributed by atoms with Gasteiger partial charge in [0.1, 0.15) is 12.2 Å². The van der Waals surface area contributed by atoms with Crippen molar-refractivity contribution in [3.8, 4) is 0 Å². The number of hydrogen-bond donors (Lipinski definition) is 0. The van der Waals surface area contributed by atoms with Crippen LogP contribution in [0, 0.1) is 5.92 Å². The molecule has 0 radical (unpaired) electrons. The Bertz CT molecular complexity index is 708. The SMILES string of the molecule is C=C1C(=O)O[C@H]2/C=C(/C)C(=O)C/C=C(\C)C[C@@H](OC(=O)/C(C)=C/C)[C@@H]12. The molecule has 5 nitrogen and oxygen atoms in total. The van der Waals surface area contributed by atoms with Crippen molar-refractivity contribution in [2.45, 2.75) is 52.7 Å². The fourth-order valence-electron chi connectivity index (χ4n) is 2.94. The Kier molecular flexibility index (Phi) is 5.77. The molecular weight excluding hydrogens is 320 g/mol. The minimum absolute atomic E-state index is 0.0214. The van der Waals surface area contributed by atoms with E-state index in [2.05, 4.69) is 6.58 Å². The van der Waals surface area contributed by atoms with Crippen molar-refractivity contribution in [2.75, 3.05) is 0 Å². The molecule has 0 aromatic carbocycles. The third-order valence-corrected chi connectivity index (χ3v) is 4.69. The number of ketones is 1. The lowest BCUT2D eigenvalue weighted by molar-refractivity contribution is -0.147. The maximum absolute atomic E-state index is 12.3. The fourth-order valence-corrected chi connectivity index (χ4v) is 2.94. The van der Waals surface area contributed by atoms with E-state index in [1.54, 1.807) is 32.9 Å². The number of hydrogen-bond acceptors (Lipinski definition) is 5. The van der Waals surface area contributed by atoms with Crippen molar-refractivity contribution in [1.82, 2.24) is 0 Å². The summed E-state index contributed by atoms with van der Waals surface area (Å²) in [4.78, 5) is 36.4. The van der Waals surface area contributed by atoms with Gasteiger partial charge in [0.15, 0.2) is 5.78 Å². The van der Waals surface area contributed by atoms with E-state index in [0.717, 1.165) is 5.57 Å². The predicted molar refractivity (Wildman–Crippen MR) is 93.6 cm³/mol. The monoisotopic (exact) mass is 344 g/mol. The fraction of sp³-hybridized carbons (Fsp3) is 0.450. The number of fused-ring (bicyclic) bond motifs is 1. The van der Waals surface area contributed by atoms with Gasteiger partial charge in [-0.1, -0.05) is 24.3 Å². The molecule has 0 aromatic heterocycles. The molecule has 2 aliphatic rings. The summed E-state index contributed by atoms with van der Waals surface area (Å²) in [5.41, 5.74) is 2.21. The summed E-state index contributed by atoms with van der Waals surface area (Å²) >= 11 is 0. The minimum atomic E-state index is -0.654. The van der Waals surface area contributed by atoms with Gasteiger partial charge in [0, 0.05) is 24.0 Å². The zero-order valence-corrected chi connectivity index (χ0v) is 15.1. The number of allylic oxidation sites excluding steroid dienone is 3. The van der Waals surface area contributed by atoms with Crippen molar-refractivity contribution < 1.29 is 23.9 Å². The van der Waals surface area contributed by atoms with Gasteiger partial charge in [0.05, 0.1) is 5.92 Å². The summed E-state index contributed by atoms with van der Waals surface area (Å²) in [6, 6.07) is 0. The van der Waals surface area contributed by atoms with Crippen LogP contribution in [0.1, 0.15) is 40.5 Å². The second kappa shape index (κ2) is 7.64. The topological polar surface area (TPSA) is 69.7 Å². The first-order chi connectivity index (χ1) is 11.7. The van der Waals surface area contributed by atoms with E-state index in [1.165, 1.54) is 0 Å². The number of carbonyl (C=O) groups excluding carboxylic acids is 3. The van der Waals surface area contributed by atoms with Crippen LogP contribution in [0.2, 0.25) is 0 Å². The molecule has 0 N–H and O–H groups in total. The molecular formula is C20H24O5. The van der Waals surface area contributed by atoms with Crippen LogP contribution in [-0.2, 0) is 23.9 Å². The standard InChI is InChI=1S/C20H24O5/c1-6-12(3)19(22)24-16-9-11(2)7-8-15(21)13(4)10-17-18(16)14(5)20(23)25-17/h6-7,10,16-18H,5,8-9H2,1-4H3/b11-7+,12-6+,13-10-/t16-,17+,18-/m1/s1. The summed E-state index contributed by atoms with van der Waals surface area (Å²) in [7, 11) is 0. The number of carbonyl (C=O) groups is 3. The van der Waals surface area contributed by atoms with Crippen molar-refractivity contribution in [3.05, 3.63) is 47.1 Å². The quantitative estimate of drug-likeness (QED) is 0.437. The number of ether oxygens (including phenoxy) is 2. The van der Waals surface area contributed by atoms with Gasteiger partial charge < -0.3 is 9.47 Å². The molecule has 0 amide bonds. The zero-order valence-electron chi connectivity index (χ0n) is 15.1. The van der Waals surface area contributed by atoms with Crippen LogP contribution in [0.4, 0.5) is 0 Å². The number of rotatable bonds is 2. The average Bonchev–Trinajstić information content (AvgIpc) is 2.84. The van der Waals surface area contributed by atoms with Crippen LogP contribution in [0.3, 0.4) is 0 Å². The lowest BCUT2D eigenvalue weighted by atomic mass is 9.85. The highest BCUT2D eigenvalue weighted by molar-refractivity contribution is 5.96. The van der Waals surface area contributed by atoms with Crippen LogP contribution in [0.5, 0.6) is 0 Å². The number of esters is 2. The molecule has 1 saturated heterocycles. The largest absolute Gasteiger partial charge is 0.458 e. The van der Waals surface area contributed by atoms with Gasteiger partial charge in [-0.3, -0.25) is 4.79 Å². The summed E-state index contributed by atoms with van der Waals surface area (Å²) in [5, 5.41) is 0. The summed E-state index contributed by atoms with van der Waals surface area (Å²) in [6.45, 7) is 10.8. The van der Waals surface area contributed by atoms with Crippen LogP contribution in [0.25, 0.3) is 0 Å². The highest BCUT2D eigenvalue weighted by atomic mass is 16.6. The van der Waals surface area contributed by atoms with Gasteiger partial charge in [-0.05, 0) is 39.3 Å². The molecule has 3 atom stereocenters. The molecule has 0 aromatic rings. The molecule has 1 heterocycles. The highest BCUT2D eigenvalue weighted by Crippen LogP contribution is 2.36. The van der Waals surface area contributed by atoms with Crippen LogP contribution < -0.4 is 0 Å². The molecule has 1 aliphatic heterocycles. The zero-order chi connectivity index (χ0) is 18.7. The van der Waals surface area contributed by atoms with Crippen LogP contribution in [-0.4, -0.2) is 29.9 Å². The van der Waals surface area contributed by atoms with Gasteiger partial charge >= 0.3 is 11.9 Å². The Labute approximate surface area is 148 Å². The Morgan fingerprint density at radius 2 is 2.04 bits per heavy atom. The van der Waals surface area contributed by atoms with Crippen LogP contribution >= 0.6 is 0 Å². The second-order valence-electron chi connectivity index (χ2n) is 6.57. The Morgan fingerprint density at radius 3 is 2.68 bits per heavy atom. The Balaban J connectivity index is 2.44. The van der Waals surface area contributed by atoms with E-state index >= 15 is 0 Å². The molecule has 0 saturated carbocycles. The third kappa shape index (κ3) is 4.16. The number of Topliss-reactive ketones (excluding diaryl/α,β-unsaturated/α-hetero) is 1. The van der Waals surface area contributed by atoms with E-state index in [1.807, 2.05) is 13.0 Å². The summed E-state index contributed by atoms with van der Waals surface area (Å²) in [5.74, 6) is -1.48. The first-order valence-electron chi connectivity index (χ1n) is 8.35. The van der Waals surface area contributed by atoms with Gasteiger partial charge in [0.25, 0.3) is 0 Å². The van der Waals surface area contributed by atoms with Crippen molar-refractivity contribution in [3.63, 3.8) is 0 Å². The van der Waals surface area contributed by atoms with Gasteiger partial charge in [-0.2, -0.15) is 0 Å². The van der Waals surface area contributed by atoms with Gasteiger partial charge in [-0.25, -0.2) is 9.59 Å². The third-order valence-electron chi connectivity index (χ3n) is 4.69. The van der Waals surface area contributed by atoms with Gasteiger partial charge in [-0.15, -0.1) is 0 Å². The first-order valence-corrected chi connectivity index (χ1v) is 8.35. The maximum Gasteiger partial charge on any atom is 0.334 e. The lowest BCUT2D eigenvalue weighted by Crippen LogP contribution is -2.33. The first kappa shape index (κ1) is 18.9. The van der Waals surface area contributed by atoms with E-state index in [-0.39, 0.29) is 17.8 Å². The van der Waals surface area contributed by atoms with E-state index in [4.69, 9.17) is 9.47 Å². The average molecular weight is 344 g/mol. The predicted octanol–water partition coefficient (Wildman–Crippen LogP) is 3.22. The highest BCUT2D eigenvalue weighted by Gasteiger charge is 2.44. The van der Waals surface area contributed by atoms with Crippen molar-refractivity contribution in [1.29, 1.82) is 0 Å². The summed E-state index contributed by atoms with van der Waals surface area (Å²) in [6.07, 6.45) is 4.61. The van der Waals surface area contributed by atoms with Crippen molar-refractivity contribution in [2.24, 2.45) is 5.92 Å². The normalized spacial score (nSPS) is 32.1. The molecule has 134 valence electrons. The van der Waals surface area contributed by atoms with E-state index < -0.39 is 30.1 Å². The van der Waals surface area contributed by atoms with E-state index in [9.17, 15) is 14.4 Å². The molecule has 5 heteroatoms. The molecule has 1 aliphatic carbocycles. The van der Waals surface area contributed by atoms with Crippen molar-refractivity contribution >= 4 is 17.7 Å². The lowest BCUT2D eigenvalue weighted by Gasteiger charge is -2.27. The Morgan fingerprint density at radius 1 is 1.36 bits per heavy atom. The molecule has 1 fully saturated rings. The summed E-state index contributed by atoms with van der Waals surface area (Å²) < 4.78 is 11.1. The second-order valence-corrected chi connectivity index (χ2v) is 6.57. The molecule has 25 heavy (non-hydrogen) atoms. The molecule has 0 bridgehead atoms. The smallest absolute Gasteiger partial charge is 0.334 e. The molecule has 2 rings (SSSR count). The van der Waals surface area contributed by atoms with E-state index in [0.29, 0.717) is 17.6 Å².